The molecule has 1 heterocycles. The van der Waals surface area contributed by atoms with Gasteiger partial charge in [0.25, 0.3) is 0 Å². The zero-order chi connectivity index (χ0) is 13.2. The Hall–Kier alpha value is -2.38. The number of hydrazine groups is 1. The van der Waals surface area contributed by atoms with E-state index in [1.54, 1.807) is 0 Å². The van der Waals surface area contributed by atoms with Crippen molar-refractivity contribution >= 4 is 5.82 Å². The smallest absolute Gasteiger partial charge is 0.158 e. The predicted octanol–water partition coefficient (Wildman–Crippen LogP) is 2.39. The highest BCUT2D eigenvalue weighted by atomic mass is 15.2. The van der Waals surface area contributed by atoms with Crippen LogP contribution in [0.2, 0.25) is 0 Å². The van der Waals surface area contributed by atoms with E-state index in [2.05, 4.69) is 34.7 Å². The van der Waals surface area contributed by atoms with Gasteiger partial charge in [0.2, 0.25) is 0 Å². The van der Waals surface area contributed by atoms with Crippen LogP contribution in [0.3, 0.4) is 0 Å². The lowest BCUT2D eigenvalue weighted by Gasteiger charge is -2.11. The second kappa shape index (κ2) is 4.71. The molecular formula is C15H14N4. The van der Waals surface area contributed by atoms with Crippen molar-refractivity contribution in [2.45, 2.75) is 19.3 Å². The van der Waals surface area contributed by atoms with Gasteiger partial charge in [-0.15, -0.1) is 0 Å². The van der Waals surface area contributed by atoms with E-state index in [0.717, 1.165) is 36.1 Å². The average Bonchev–Trinajstić information content (AvgIpc) is 2.64. The Morgan fingerprint density at radius 3 is 2.79 bits per heavy atom. The molecule has 0 saturated carbocycles. The van der Waals surface area contributed by atoms with Gasteiger partial charge in [-0.2, -0.15) is 5.26 Å². The number of nitriles is 1. The number of hydrogen-bond acceptors (Lipinski definition) is 4. The standard InChI is InChI=1S/C15H14N4/c16-9-12-8-11-6-3-5-10-4-1-2-7-13(10)14(11)18-15(12)19-17/h1-2,4,7-8H,3,5-6,17H2,(H,18,19). The van der Waals surface area contributed by atoms with Gasteiger partial charge in [-0.05, 0) is 36.5 Å². The maximum atomic E-state index is 9.13. The molecule has 0 unspecified atom stereocenters. The van der Waals surface area contributed by atoms with Crippen molar-refractivity contribution in [3.8, 4) is 17.3 Å². The number of anilines is 1. The van der Waals surface area contributed by atoms with Crippen LogP contribution in [-0.2, 0) is 12.8 Å². The van der Waals surface area contributed by atoms with Gasteiger partial charge < -0.3 is 5.43 Å². The molecule has 0 aliphatic heterocycles. The van der Waals surface area contributed by atoms with Crippen LogP contribution in [0, 0.1) is 11.3 Å². The van der Waals surface area contributed by atoms with Crippen LogP contribution in [0.15, 0.2) is 30.3 Å². The summed E-state index contributed by atoms with van der Waals surface area (Å²) >= 11 is 0. The minimum atomic E-state index is 0.443. The number of nitrogens with zero attached hydrogens (tertiary/aromatic N) is 2. The van der Waals surface area contributed by atoms with E-state index in [9.17, 15) is 0 Å². The number of nitrogens with two attached hydrogens (primary N) is 1. The Labute approximate surface area is 111 Å². The summed E-state index contributed by atoms with van der Waals surface area (Å²) in [5.74, 6) is 5.90. The summed E-state index contributed by atoms with van der Waals surface area (Å²) in [5, 5.41) is 9.13. The second-order valence-electron chi connectivity index (χ2n) is 4.66. The third kappa shape index (κ3) is 1.94. The molecule has 0 saturated heterocycles. The molecule has 4 nitrogen and oxygen atoms in total. The molecule has 0 bridgehead atoms. The van der Waals surface area contributed by atoms with Gasteiger partial charge >= 0.3 is 0 Å². The lowest BCUT2D eigenvalue weighted by molar-refractivity contribution is 0.833. The monoisotopic (exact) mass is 250 g/mol. The molecule has 19 heavy (non-hydrogen) atoms. The minimum absolute atomic E-state index is 0.443. The van der Waals surface area contributed by atoms with Crippen LogP contribution in [0.25, 0.3) is 11.3 Å². The first-order chi connectivity index (χ1) is 9.33. The molecule has 1 aliphatic carbocycles. The number of nitrogen functional groups attached to an aromatic ring is 1. The van der Waals surface area contributed by atoms with Crippen LogP contribution >= 0.6 is 0 Å². The van der Waals surface area contributed by atoms with Crippen LogP contribution in [-0.4, -0.2) is 4.98 Å². The first-order valence-corrected chi connectivity index (χ1v) is 6.32. The zero-order valence-electron chi connectivity index (χ0n) is 10.5. The Morgan fingerprint density at radius 2 is 2.00 bits per heavy atom. The number of benzene rings is 1. The average molecular weight is 250 g/mol. The molecule has 2 aromatic rings. The molecule has 0 spiro atoms. The normalized spacial score (nSPS) is 12.8. The van der Waals surface area contributed by atoms with E-state index in [-0.39, 0.29) is 0 Å². The van der Waals surface area contributed by atoms with Gasteiger partial charge in [0, 0.05) is 5.56 Å². The summed E-state index contributed by atoms with van der Waals surface area (Å²) < 4.78 is 0. The molecule has 1 aliphatic rings. The maximum Gasteiger partial charge on any atom is 0.158 e. The van der Waals surface area contributed by atoms with Crippen molar-refractivity contribution in [1.82, 2.24) is 4.98 Å². The van der Waals surface area contributed by atoms with Crippen molar-refractivity contribution in [3.05, 3.63) is 47.0 Å². The number of fused-ring (bicyclic) bond motifs is 3. The van der Waals surface area contributed by atoms with Gasteiger partial charge in [0.1, 0.15) is 6.07 Å². The van der Waals surface area contributed by atoms with Crippen molar-refractivity contribution in [2.75, 3.05) is 5.43 Å². The topological polar surface area (TPSA) is 74.7 Å². The highest BCUT2D eigenvalue weighted by Crippen LogP contribution is 2.32. The minimum Gasteiger partial charge on any atom is -0.307 e. The fourth-order valence-corrected chi connectivity index (χ4v) is 2.61. The van der Waals surface area contributed by atoms with E-state index in [1.165, 1.54) is 5.56 Å². The van der Waals surface area contributed by atoms with Crippen molar-refractivity contribution < 1.29 is 0 Å². The molecular weight excluding hydrogens is 236 g/mol. The molecule has 1 aromatic heterocycles. The SMILES string of the molecule is N#Cc1cc2c(nc1NN)-c1ccccc1CCC2. The molecule has 0 radical (unpaired) electrons. The lowest BCUT2D eigenvalue weighted by atomic mass is 10.0. The summed E-state index contributed by atoms with van der Waals surface area (Å²) in [7, 11) is 0. The van der Waals surface area contributed by atoms with Gasteiger partial charge in [-0.1, -0.05) is 24.3 Å². The fraction of sp³-hybridized carbons (Fsp3) is 0.200. The maximum absolute atomic E-state index is 9.13. The molecule has 3 N–H and O–H groups in total. The van der Waals surface area contributed by atoms with Crippen molar-refractivity contribution in [1.29, 1.82) is 5.26 Å². The molecule has 1 aromatic carbocycles. The largest absolute Gasteiger partial charge is 0.307 e. The summed E-state index contributed by atoms with van der Waals surface area (Å²) in [6, 6.07) is 12.3. The van der Waals surface area contributed by atoms with Crippen molar-refractivity contribution in [2.24, 2.45) is 5.84 Å². The van der Waals surface area contributed by atoms with Gasteiger partial charge in [0.15, 0.2) is 5.82 Å². The number of aryl methyl sites for hydroxylation is 2. The number of rotatable bonds is 1. The van der Waals surface area contributed by atoms with E-state index in [0.29, 0.717) is 11.4 Å². The first-order valence-electron chi connectivity index (χ1n) is 6.32. The highest BCUT2D eigenvalue weighted by molar-refractivity contribution is 5.71. The van der Waals surface area contributed by atoms with E-state index in [1.807, 2.05) is 12.1 Å². The lowest BCUT2D eigenvalue weighted by Crippen LogP contribution is -2.11. The highest BCUT2D eigenvalue weighted by Gasteiger charge is 2.18. The third-order valence-electron chi connectivity index (χ3n) is 3.52. The molecule has 3 rings (SSSR count). The predicted molar refractivity (Wildman–Crippen MR) is 74.2 cm³/mol. The van der Waals surface area contributed by atoms with E-state index >= 15 is 0 Å². The first kappa shape index (κ1) is 11.7. The molecule has 0 fully saturated rings. The fourth-order valence-electron chi connectivity index (χ4n) is 2.61. The Bertz CT molecular complexity index is 670. The third-order valence-corrected chi connectivity index (χ3v) is 3.52. The summed E-state index contributed by atoms with van der Waals surface area (Å²) in [4.78, 5) is 4.55. The molecule has 0 atom stereocenters. The number of hydrogen-bond donors (Lipinski definition) is 2. The Kier molecular flexibility index (Phi) is 2.90. The summed E-state index contributed by atoms with van der Waals surface area (Å²) in [6.45, 7) is 0. The van der Waals surface area contributed by atoms with Crippen molar-refractivity contribution in [3.63, 3.8) is 0 Å². The quantitative estimate of drug-likeness (QED) is 0.602. The van der Waals surface area contributed by atoms with Crippen LogP contribution in [0.1, 0.15) is 23.1 Å². The molecule has 4 heteroatoms. The summed E-state index contributed by atoms with van der Waals surface area (Å²) in [6.07, 6.45) is 3.06. The van der Waals surface area contributed by atoms with Gasteiger partial charge in [0.05, 0.1) is 11.3 Å². The second-order valence-corrected chi connectivity index (χ2v) is 4.66. The summed E-state index contributed by atoms with van der Waals surface area (Å²) in [5.41, 5.74) is 7.54. The molecule has 94 valence electrons. The van der Waals surface area contributed by atoms with E-state index < -0.39 is 0 Å². The van der Waals surface area contributed by atoms with Crippen LogP contribution in [0.5, 0.6) is 0 Å². The molecule has 0 amide bonds. The van der Waals surface area contributed by atoms with E-state index in [4.69, 9.17) is 11.1 Å². The van der Waals surface area contributed by atoms with Crippen LogP contribution in [0.4, 0.5) is 5.82 Å². The Balaban J connectivity index is 2.27. The van der Waals surface area contributed by atoms with Gasteiger partial charge in [-0.25, -0.2) is 10.8 Å². The Morgan fingerprint density at radius 1 is 1.21 bits per heavy atom. The number of nitrogens with one attached hydrogen (secondary N) is 1. The number of aromatic nitrogens is 1. The van der Waals surface area contributed by atoms with Gasteiger partial charge in [-0.3, -0.25) is 0 Å². The van der Waals surface area contributed by atoms with Crippen LogP contribution < -0.4 is 11.3 Å². The number of pyridine rings is 1. The zero-order valence-corrected chi connectivity index (χ0v) is 10.5.